The Bertz CT molecular complexity index is 1010. The number of ether oxygens (including phenoxy) is 2. The Morgan fingerprint density at radius 1 is 1.07 bits per heavy atom. The number of fused-ring (bicyclic) bond motifs is 1. The van der Waals surface area contributed by atoms with Gasteiger partial charge in [-0.2, -0.15) is 0 Å². The van der Waals surface area contributed by atoms with Crippen LogP contribution >= 0.6 is 0 Å². The van der Waals surface area contributed by atoms with Gasteiger partial charge in [0, 0.05) is 17.5 Å². The van der Waals surface area contributed by atoms with Gasteiger partial charge in [0.1, 0.15) is 17.1 Å². The highest BCUT2D eigenvalue weighted by Gasteiger charge is 2.10. The molecule has 140 valence electrons. The topological polar surface area (TPSA) is 77.8 Å². The van der Waals surface area contributed by atoms with Crippen LogP contribution in [0.3, 0.4) is 0 Å². The van der Waals surface area contributed by atoms with Gasteiger partial charge < -0.3 is 19.2 Å². The second-order valence-electron chi connectivity index (χ2n) is 5.87. The van der Waals surface area contributed by atoms with E-state index in [2.05, 4.69) is 5.32 Å². The molecule has 0 atom stereocenters. The van der Waals surface area contributed by atoms with Crippen molar-refractivity contribution in [1.82, 2.24) is 0 Å². The second-order valence-corrected chi connectivity index (χ2v) is 5.87. The highest BCUT2D eigenvalue weighted by Crippen LogP contribution is 2.25. The summed E-state index contributed by atoms with van der Waals surface area (Å²) in [5.41, 5.74) is 1.55. The van der Waals surface area contributed by atoms with Crippen molar-refractivity contribution in [3.8, 4) is 11.5 Å². The number of anilines is 1. The SMILES string of the molecule is CCOc1ccccc1NC(=O)COc1ccc2c(CC)cc(=O)oc2c1. The quantitative estimate of drug-likeness (QED) is 0.643. The van der Waals surface area contributed by atoms with Crippen LogP contribution < -0.4 is 20.4 Å². The van der Waals surface area contributed by atoms with Gasteiger partial charge >= 0.3 is 5.63 Å². The van der Waals surface area contributed by atoms with Crippen molar-refractivity contribution < 1.29 is 18.7 Å². The largest absolute Gasteiger partial charge is 0.492 e. The molecule has 0 aliphatic rings. The van der Waals surface area contributed by atoms with Crippen LogP contribution in [0.4, 0.5) is 5.69 Å². The maximum atomic E-state index is 12.2. The molecular formula is C21H21NO5. The minimum absolute atomic E-state index is 0.177. The third-order valence-corrected chi connectivity index (χ3v) is 4.01. The maximum Gasteiger partial charge on any atom is 0.336 e. The molecule has 0 spiro atoms. The van der Waals surface area contributed by atoms with E-state index in [1.54, 1.807) is 24.3 Å². The predicted octanol–water partition coefficient (Wildman–Crippen LogP) is 3.77. The molecule has 0 aliphatic carbocycles. The van der Waals surface area contributed by atoms with E-state index in [4.69, 9.17) is 13.9 Å². The molecule has 3 aromatic rings. The van der Waals surface area contributed by atoms with Gasteiger partial charge in [-0.3, -0.25) is 4.79 Å². The Hall–Kier alpha value is -3.28. The summed E-state index contributed by atoms with van der Waals surface area (Å²) >= 11 is 0. The van der Waals surface area contributed by atoms with E-state index in [0.717, 1.165) is 17.4 Å². The zero-order valence-electron chi connectivity index (χ0n) is 15.3. The average molecular weight is 367 g/mol. The average Bonchev–Trinajstić information content (AvgIpc) is 2.67. The molecule has 3 rings (SSSR count). The van der Waals surface area contributed by atoms with Crippen LogP contribution in [-0.4, -0.2) is 19.1 Å². The molecule has 1 heterocycles. The first-order chi connectivity index (χ1) is 13.1. The molecule has 1 N–H and O–H groups in total. The second kappa shape index (κ2) is 8.40. The Labute approximate surface area is 156 Å². The van der Waals surface area contributed by atoms with Crippen LogP contribution in [0.25, 0.3) is 11.0 Å². The van der Waals surface area contributed by atoms with Gasteiger partial charge in [0.15, 0.2) is 6.61 Å². The summed E-state index contributed by atoms with van der Waals surface area (Å²) in [5, 5.41) is 3.63. The van der Waals surface area contributed by atoms with Crippen LogP contribution in [0.15, 0.2) is 57.7 Å². The molecule has 0 bridgehead atoms. The van der Waals surface area contributed by atoms with Gasteiger partial charge in [-0.25, -0.2) is 4.79 Å². The Morgan fingerprint density at radius 2 is 1.89 bits per heavy atom. The minimum Gasteiger partial charge on any atom is -0.492 e. The van der Waals surface area contributed by atoms with Crippen molar-refractivity contribution in [3.05, 3.63) is 64.5 Å². The van der Waals surface area contributed by atoms with E-state index >= 15 is 0 Å². The molecule has 6 heteroatoms. The van der Waals surface area contributed by atoms with Gasteiger partial charge in [-0.05, 0) is 43.2 Å². The Morgan fingerprint density at radius 3 is 2.67 bits per heavy atom. The lowest BCUT2D eigenvalue weighted by molar-refractivity contribution is -0.118. The fourth-order valence-electron chi connectivity index (χ4n) is 2.78. The van der Waals surface area contributed by atoms with Crippen LogP contribution in [-0.2, 0) is 11.2 Å². The first-order valence-corrected chi connectivity index (χ1v) is 8.82. The fraction of sp³-hybridized carbons (Fsp3) is 0.238. The summed E-state index contributed by atoms with van der Waals surface area (Å²) in [4.78, 5) is 23.8. The number of aryl methyl sites for hydroxylation is 1. The highest BCUT2D eigenvalue weighted by atomic mass is 16.5. The summed E-state index contributed by atoms with van der Waals surface area (Å²) in [6.07, 6.45) is 0.726. The van der Waals surface area contributed by atoms with Crippen molar-refractivity contribution in [2.75, 3.05) is 18.5 Å². The van der Waals surface area contributed by atoms with Gasteiger partial charge in [0.05, 0.1) is 12.3 Å². The third kappa shape index (κ3) is 4.47. The van der Waals surface area contributed by atoms with Crippen molar-refractivity contribution in [1.29, 1.82) is 0 Å². The van der Waals surface area contributed by atoms with E-state index in [-0.39, 0.29) is 12.5 Å². The number of carbonyl (C=O) groups excluding carboxylic acids is 1. The lowest BCUT2D eigenvalue weighted by Crippen LogP contribution is -2.20. The van der Waals surface area contributed by atoms with E-state index < -0.39 is 5.63 Å². The van der Waals surface area contributed by atoms with E-state index in [1.165, 1.54) is 6.07 Å². The normalized spacial score (nSPS) is 10.6. The number of hydrogen-bond donors (Lipinski definition) is 1. The molecule has 2 aromatic carbocycles. The predicted molar refractivity (Wildman–Crippen MR) is 104 cm³/mol. The number of benzene rings is 2. The lowest BCUT2D eigenvalue weighted by atomic mass is 10.1. The number of amides is 1. The van der Waals surface area contributed by atoms with E-state index in [0.29, 0.717) is 29.4 Å². The molecule has 1 amide bonds. The first-order valence-electron chi connectivity index (χ1n) is 8.82. The Kier molecular flexibility index (Phi) is 5.76. The summed E-state index contributed by atoms with van der Waals surface area (Å²) in [6.45, 7) is 4.18. The lowest BCUT2D eigenvalue weighted by Gasteiger charge is -2.12. The van der Waals surface area contributed by atoms with E-state index in [9.17, 15) is 9.59 Å². The highest BCUT2D eigenvalue weighted by molar-refractivity contribution is 5.93. The van der Waals surface area contributed by atoms with Gasteiger partial charge in [0.2, 0.25) is 0 Å². The number of hydrogen-bond acceptors (Lipinski definition) is 5. The van der Waals surface area contributed by atoms with Gasteiger partial charge in [0.25, 0.3) is 5.91 Å². The molecule has 0 radical (unpaired) electrons. The Balaban J connectivity index is 1.69. The van der Waals surface area contributed by atoms with E-state index in [1.807, 2.05) is 32.0 Å². The zero-order chi connectivity index (χ0) is 19.2. The molecule has 1 aromatic heterocycles. The van der Waals surface area contributed by atoms with Crippen molar-refractivity contribution in [2.45, 2.75) is 20.3 Å². The van der Waals surface area contributed by atoms with Crippen LogP contribution in [0.1, 0.15) is 19.4 Å². The minimum atomic E-state index is -0.401. The zero-order valence-corrected chi connectivity index (χ0v) is 15.3. The molecular weight excluding hydrogens is 346 g/mol. The summed E-state index contributed by atoms with van der Waals surface area (Å²) < 4.78 is 16.3. The molecule has 6 nitrogen and oxygen atoms in total. The monoisotopic (exact) mass is 367 g/mol. The maximum absolute atomic E-state index is 12.2. The fourth-order valence-corrected chi connectivity index (χ4v) is 2.78. The standard InChI is InChI=1S/C21H21NO5/c1-3-14-11-21(24)27-19-12-15(9-10-16(14)19)26-13-20(23)22-17-7-5-6-8-18(17)25-4-2/h5-12H,3-4,13H2,1-2H3,(H,22,23). The van der Waals surface area contributed by atoms with Crippen molar-refractivity contribution in [3.63, 3.8) is 0 Å². The number of carbonyl (C=O) groups is 1. The third-order valence-electron chi connectivity index (χ3n) is 4.01. The molecule has 27 heavy (non-hydrogen) atoms. The number of nitrogens with one attached hydrogen (secondary N) is 1. The van der Waals surface area contributed by atoms with Crippen molar-refractivity contribution >= 4 is 22.6 Å². The van der Waals surface area contributed by atoms with Crippen LogP contribution in [0.2, 0.25) is 0 Å². The molecule has 0 aliphatic heterocycles. The van der Waals surface area contributed by atoms with Crippen LogP contribution in [0.5, 0.6) is 11.5 Å². The molecule has 0 fully saturated rings. The molecule has 0 unspecified atom stereocenters. The molecule has 0 saturated heterocycles. The number of rotatable bonds is 7. The van der Waals surface area contributed by atoms with Gasteiger partial charge in [-0.15, -0.1) is 0 Å². The van der Waals surface area contributed by atoms with Crippen molar-refractivity contribution in [2.24, 2.45) is 0 Å². The summed E-state index contributed by atoms with van der Waals surface area (Å²) in [5.74, 6) is 0.742. The summed E-state index contributed by atoms with van der Waals surface area (Å²) in [7, 11) is 0. The smallest absolute Gasteiger partial charge is 0.336 e. The first kappa shape index (κ1) is 18.5. The number of para-hydroxylation sites is 2. The molecule has 0 saturated carbocycles. The van der Waals surface area contributed by atoms with Gasteiger partial charge in [-0.1, -0.05) is 19.1 Å². The van der Waals surface area contributed by atoms with Crippen LogP contribution in [0, 0.1) is 0 Å². The summed E-state index contributed by atoms with van der Waals surface area (Å²) in [6, 6.07) is 13.9.